The normalized spacial score (nSPS) is 13.7. The van der Waals surface area contributed by atoms with Crippen LogP contribution >= 0.6 is 11.6 Å². The van der Waals surface area contributed by atoms with Crippen molar-refractivity contribution in [1.82, 2.24) is 20.0 Å². The maximum Gasteiger partial charge on any atom is 0.285 e. The van der Waals surface area contributed by atoms with Crippen molar-refractivity contribution in [1.29, 1.82) is 0 Å². The fourth-order valence-corrected chi connectivity index (χ4v) is 3.61. The molecule has 3 aromatic rings. The quantitative estimate of drug-likeness (QED) is 0.736. The number of nitrogens with two attached hydrogens (primary N) is 1. The Morgan fingerprint density at radius 2 is 2.15 bits per heavy atom. The van der Waals surface area contributed by atoms with Crippen molar-refractivity contribution in [3.63, 3.8) is 0 Å². The predicted molar refractivity (Wildman–Crippen MR) is 102 cm³/mol. The number of anilines is 2. The van der Waals surface area contributed by atoms with E-state index in [1.165, 1.54) is 11.1 Å². The second kappa shape index (κ2) is 6.49. The number of aryl methyl sites for hydroxylation is 1. The Morgan fingerprint density at radius 3 is 2.96 bits per heavy atom. The molecule has 0 bridgehead atoms. The maximum atomic E-state index is 11.7. The molecule has 1 aromatic carbocycles. The summed E-state index contributed by atoms with van der Waals surface area (Å²) in [4.78, 5) is 13.7. The van der Waals surface area contributed by atoms with Crippen molar-refractivity contribution in [2.75, 3.05) is 17.2 Å². The first-order chi connectivity index (χ1) is 12.5. The molecule has 1 aliphatic heterocycles. The lowest BCUT2D eigenvalue weighted by molar-refractivity contribution is 0.614. The first kappa shape index (κ1) is 16.7. The van der Waals surface area contributed by atoms with E-state index < -0.39 is 5.56 Å². The zero-order valence-electron chi connectivity index (χ0n) is 14.4. The Morgan fingerprint density at radius 1 is 1.35 bits per heavy atom. The fraction of sp³-hybridized carbons (Fsp3) is 0.278. The van der Waals surface area contributed by atoms with Gasteiger partial charge in [-0.05, 0) is 18.1 Å². The second-order valence-electron chi connectivity index (χ2n) is 6.46. The number of benzene rings is 1. The molecule has 0 atom stereocenters. The fourth-order valence-electron chi connectivity index (χ4n) is 3.40. The number of halogens is 1. The van der Waals surface area contributed by atoms with Crippen LogP contribution in [0.1, 0.15) is 22.4 Å². The summed E-state index contributed by atoms with van der Waals surface area (Å²) in [7, 11) is 0. The van der Waals surface area contributed by atoms with E-state index in [2.05, 4.69) is 34.4 Å². The Hall–Kier alpha value is -2.80. The summed E-state index contributed by atoms with van der Waals surface area (Å²) in [6, 6.07) is 8.27. The van der Waals surface area contributed by atoms with Crippen molar-refractivity contribution in [3.05, 3.63) is 68.2 Å². The molecule has 4 rings (SSSR count). The van der Waals surface area contributed by atoms with E-state index in [1.54, 1.807) is 6.20 Å². The summed E-state index contributed by atoms with van der Waals surface area (Å²) in [6.45, 7) is 4.06. The average molecular weight is 371 g/mol. The molecule has 26 heavy (non-hydrogen) atoms. The van der Waals surface area contributed by atoms with Crippen LogP contribution in [-0.4, -0.2) is 26.5 Å². The molecule has 1 aliphatic rings. The monoisotopic (exact) mass is 370 g/mol. The third kappa shape index (κ3) is 2.84. The molecule has 3 N–H and O–H groups in total. The summed E-state index contributed by atoms with van der Waals surface area (Å²) in [5.41, 5.74) is 11.0. The highest BCUT2D eigenvalue weighted by atomic mass is 35.5. The zero-order chi connectivity index (χ0) is 18.3. The van der Waals surface area contributed by atoms with Gasteiger partial charge in [0.25, 0.3) is 5.56 Å². The van der Waals surface area contributed by atoms with E-state index >= 15 is 0 Å². The highest BCUT2D eigenvalue weighted by molar-refractivity contribution is 6.33. The Labute approximate surface area is 155 Å². The van der Waals surface area contributed by atoms with Gasteiger partial charge in [-0.1, -0.05) is 35.9 Å². The molecule has 0 radical (unpaired) electrons. The Kier molecular flexibility index (Phi) is 4.16. The minimum atomic E-state index is -0.391. The third-order valence-electron chi connectivity index (χ3n) is 4.86. The Bertz CT molecular complexity index is 1020. The lowest BCUT2D eigenvalue weighted by Crippen LogP contribution is -2.32. The van der Waals surface area contributed by atoms with Gasteiger partial charge in [0, 0.05) is 30.8 Å². The third-order valence-corrected chi connectivity index (χ3v) is 5.23. The topological polar surface area (TPSA) is 92.8 Å². The van der Waals surface area contributed by atoms with Crippen LogP contribution in [0.25, 0.3) is 0 Å². The van der Waals surface area contributed by atoms with Crippen molar-refractivity contribution in [2.45, 2.75) is 26.4 Å². The van der Waals surface area contributed by atoms with Gasteiger partial charge in [-0.3, -0.25) is 9.48 Å². The van der Waals surface area contributed by atoms with Gasteiger partial charge in [0.1, 0.15) is 5.02 Å². The number of nitrogens with one attached hydrogen (secondary N) is 1. The number of fused-ring (bicyclic) bond motifs is 1. The van der Waals surface area contributed by atoms with Gasteiger partial charge < -0.3 is 10.6 Å². The van der Waals surface area contributed by atoms with Gasteiger partial charge in [0.2, 0.25) is 0 Å². The molecule has 2 aromatic heterocycles. The summed E-state index contributed by atoms with van der Waals surface area (Å²) in [5.74, 6) is 0.521. The van der Waals surface area contributed by atoms with Gasteiger partial charge in [-0.2, -0.15) is 10.2 Å². The molecule has 0 fully saturated rings. The summed E-state index contributed by atoms with van der Waals surface area (Å²) in [6.07, 6.45) is 2.34. The number of rotatable bonds is 3. The first-order valence-corrected chi connectivity index (χ1v) is 8.79. The van der Waals surface area contributed by atoms with Crippen molar-refractivity contribution in [3.8, 4) is 0 Å². The van der Waals surface area contributed by atoms with Gasteiger partial charge in [-0.25, -0.2) is 5.10 Å². The highest BCUT2D eigenvalue weighted by Gasteiger charge is 2.26. The summed E-state index contributed by atoms with van der Waals surface area (Å²) in [5, 5.41) is 10.9. The van der Waals surface area contributed by atoms with Crippen molar-refractivity contribution < 1.29 is 0 Å². The lowest BCUT2D eigenvalue weighted by atomic mass is 10.1. The number of nitrogens with zero attached hydrogens (tertiary/aromatic N) is 4. The van der Waals surface area contributed by atoms with Crippen LogP contribution in [0.5, 0.6) is 0 Å². The van der Waals surface area contributed by atoms with E-state index in [0.717, 1.165) is 24.2 Å². The number of aromatic amines is 1. The minimum absolute atomic E-state index is 0.148. The van der Waals surface area contributed by atoms with Crippen LogP contribution in [0.3, 0.4) is 0 Å². The van der Waals surface area contributed by atoms with E-state index in [-0.39, 0.29) is 5.02 Å². The summed E-state index contributed by atoms with van der Waals surface area (Å²) >= 11 is 6.15. The summed E-state index contributed by atoms with van der Waals surface area (Å²) < 4.78 is 1.99. The van der Waals surface area contributed by atoms with Crippen LogP contribution in [0, 0.1) is 6.92 Å². The van der Waals surface area contributed by atoms with E-state index in [0.29, 0.717) is 24.6 Å². The number of hydrogen-bond acceptors (Lipinski definition) is 5. The zero-order valence-corrected chi connectivity index (χ0v) is 15.1. The smallest absolute Gasteiger partial charge is 0.285 e. The molecule has 0 spiro atoms. The molecule has 0 unspecified atom stereocenters. The van der Waals surface area contributed by atoms with Crippen LogP contribution in [-0.2, 0) is 19.5 Å². The van der Waals surface area contributed by atoms with Gasteiger partial charge in [0.05, 0.1) is 18.4 Å². The molecule has 0 saturated heterocycles. The molecule has 0 aliphatic carbocycles. The average Bonchev–Trinajstić information content (AvgIpc) is 2.95. The van der Waals surface area contributed by atoms with Crippen LogP contribution in [0.15, 0.2) is 35.3 Å². The number of aromatic nitrogens is 4. The molecule has 0 amide bonds. The van der Waals surface area contributed by atoms with E-state index in [1.807, 2.05) is 21.7 Å². The molecule has 0 saturated carbocycles. The van der Waals surface area contributed by atoms with Crippen LogP contribution in [0.2, 0.25) is 5.02 Å². The molecule has 134 valence electrons. The van der Waals surface area contributed by atoms with Gasteiger partial charge in [-0.15, -0.1) is 0 Å². The molecule has 7 nitrogen and oxygen atoms in total. The molecule has 8 heteroatoms. The second-order valence-corrected chi connectivity index (χ2v) is 6.84. The predicted octanol–water partition coefficient (Wildman–Crippen LogP) is 2.12. The van der Waals surface area contributed by atoms with Crippen LogP contribution in [0.4, 0.5) is 11.5 Å². The van der Waals surface area contributed by atoms with Gasteiger partial charge >= 0.3 is 0 Å². The highest BCUT2D eigenvalue weighted by Crippen LogP contribution is 2.30. The molecule has 3 heterocycles. The standard InChI is InChI=1S/C18H19ClN6O/c1-11-4-2-3-5-12(11)9-25-14-6-7-24(10-13(14)17(20)23-25)15-8-21-22-18(26)16(15)19/h2-5,8H,6-7,9-10H2,1H3,(H2,20,23)(H,22,26). The lowest BCUT2D eigenvalue weighted by Gasteiger charge is -2.29. The van der Waals surface area contributed by atoms with E-state index in [9.17, 15) is 4.79 Å². The SMILES string of the molecule is Cc1ccccc1Cn1nc(N)c2c1CCN(c1cn[nH]c(=O)c1Cl)C2. The van der Waals surface area contributed by atoms with Crippen LogP contribution < -0.4 is 16.2 Å². The molecular formula is C18H19ClN6O. The van der Waals surface area contributed by atoms with Crippen molar-refractivity contribution >= 4 is 23.1 Å². The first-order valence-electron chi connectivity index (χ1n) is 8.41. The number of hydrogen-bond donors (Lipinski definition) is 2. The Balaban J connectivity index is 1.65. The minimum Gasteiger partial charge on any atom is -0.382 e. The maximum absolute atomic E-state index is 11.7. The number of nitrogen functional groups attached to an aromatic ring is 1. The van der Waals surface area contributed by atoms with Gasteiger partial charge in [0.15, 0.2) is 5.82 Å². The van der Waals surface area contributed by atoms with E-state index in [4.69, 9.17) is 17.3 Å². The van der Waals surface area contributed by atoms with Crippen molar-refractivity contribution in [2.24, 2.45) is 0 Å². The number of H-pyrrole nitrogens is 1. The molecular weight excluding hydrogens is 352 g/mol. The largest absolute Gasteiger partial charge is 0.382 e.